The number of halogens is 1. The molecule has 0 bridgehead atoms. The Morgan fingerprint density at radius 3 is 2.74 bits per heavy atom. The largest absolute Gasteiger partial charge is 0.465 e. The van der Waals surface area contributed by atoms with Crippen molar-refractivity contribution in [3.8, 4) is 0 Å². The molecule has 2 rings (SSSR count). The fraction of sp³-hybridized carbons (Fsp3) is 0.571. The van der Waals surface area contributed by atoms with Crippen molar-refractivity contribution in [2.45, 2.75) is 38.6 Å². The molecule has 0 N–H and O–H groups in total. The van der Waals surface area contributed by atoms with E-state index in [9.17, 15) is 9.59 Å². The molecule has 0 aliphatic heterocycles. The predicted octanol–water partition coefficient (Wildman–Crippen LogP) is 2.98. The molecular formula is C14H18BrNO3. The summed E-state index contributed by atoms with van der Waals surface area (Å²) in [6.07, 6.45) is 7.83. The Morgan fingerprint density at radius 1 is 1.42 bits per heavy atom. The highest BCUT2D eigenvalue weighted by Crippen LogP contribution is 2.25. The van der Waals surface area contributed by atoms with Crippen LogP contribution in [0.5, 0.6) is 0 Å². The van der Waals surface area contributed by atoms with Gasteiger partial charge in [-0.1, -0.05) is 19.3 Å². The number of aromatic nitrogens is 1. The lowest BCUT2D eigenvalue weighted by atomic mass is 9.89. The van der Waals surface area contributed by atoms with Gasteiger partial charge in [0.1, 0.15) is 5.56 Å². The van der Waals surface area contributed by atoms with Crippen molar-refractivity contribution in [1.82, 2.24) is 4.57 Å². The summed E-state index contributed by atoms with van der Waals surface area (Å²) >= 11 is 3.34. The first-order chi connectivity index (χ1) is 9.11. The van der Waals surface area contributed by atoms with E-state index in [0.717, 1.165) is 17.3 Å². The molecule has 0 aromatic carbocycles. The number of hydrogen-bond acceptors (Lipinski definition) is 3. The molecule has 1 aromatic heterocycles. The Morgan fingerprint density at radius 2 is 2.11 bits per heavy atom. The van der Waals surface area contributed by atoms with Gasteiger partial charge in [0, 0.05) is 17.2 Å². The zero-order valence-corrected chi connectivity index (χ0v) is 12.6. The topological polar surface area (TPSA) is 48.3 Å². The maximum atomic E-state index is 12.2. The third-order valence-electron chi connectivity index (χ3n) is 3.64. The number of carbonyl (C=O) groups is 1. The predicted molar refractivity (Wildman–Crippen MR) is 76.3 cm³/mol. The first kappa shape index (κ1) is 14.3. The lowest BCUT2D eigenvalue weighted by Gasteiger charge is -2.22. The summed E-state index contributed by atoms with van der Waals surface area (Å²) in [5, 5.41) is 0. The molecule has 1 saturated carbocycles. The second-order valence-electron chi connectivity index (χ2n) is 5.03. The summed E-state index contributed by atoms with van der Waals surface area (Å²) in [4.78, 5) is 23.8. The normalized spacial score (nSPS) is 16.3. The molecule has 0 radical (unpaired) electrons. The molecule has 0 amide bonds. The second kappa shape index (κ2) is 6.37. The number of methoxy groups -OCH3 is 1. The fourth-order valence-electron chi connectivity index (χ4n) is 2.64. The van der Waals surface area contributed by atoms with Gasteiger partial charge in [0.25, 0.3) is 5.56 Å². The van der Waals surface area contributed by atoms with E-state index in [2.05, 4.69) is 20.7 Å². The number of rotatable bonds is 3. The van der Waals surface area contributed by atoms with Crippen molar-refractivity contribution in [2.75, 3.05) is 7.11 Å². The average molecular weight is 328 g/mol. The molecule has 104 valence electrons. The summed E-state index contributed by atoms with van der Waals surface area (Å²) in [5.41, 5.74) is -0.173. The van der Waals surface area contributed by atoms with E-state index in [1.807, 2.05) is 0 Å². The number of esters is 1. The maximum Gasteiger partial charge on any atom is 0.343 e. The Balaban J connectivity index is 2.27. The fourth-order valence-corrected chi connectivity index (χ4v) is 3.11. The van der Waals surface area contributed by atoms with Crippen molar-refractivity contribution in [3.05, 3.63) is 32.7 Å². The highest BCUT2D eigenvalue weighted by Gasteiger charge is 2.18. The molecule has 5 heteroatoms. The van der Waals surface area contributed by atoms with Crippen LogP contribution in [0.4, 0.5) is 0 Å². The van der Waals surface area contributed by atoms with Gasteiger partial charge in [-0.15, -0.1) is 0 Å². The van der Waals surface area contributed by atoms with Crippen LogP contribution in [0.3, 0.4) is 0 Å². The highest BCUT2D eigenvalue weighted by atomic mass is 79.9. The van der Waals surface area contributed by atoms with Crippen molar-refractivity contribution in [3.63, 3.8) is 0 Å². The molecule has 1 fully saturated rings. The molecular weight excluding hydrogens is 310 g/mol. The van der Waals surface area contributed by atoms with Crippen LogP contribution in [0.1, 0.15) is 42.5 Å². The van der Waals surface area contributed by atoms with Crippen molar-refractivity contribution in [1.29, 1.82) is 0 Å². The standard InChI is InChI=1S/C14H18BrNO3/c1-19-14(18)12-7-11(15)9-16(13(12)17)8-10-5-3-2-4-6-10/h7,9-10H,2-6,8H2,1H3. The molecule has 19 heavy (non-hydrogen) atoms. The minimum atomic E-state index is -0.580. The van der Waals surface area contributed by atoms with Crippen LogP contribution in [0, 0.1) is 5.92 Å². The first-order valence-electron chi connectivity index (χ1n) is 6.60. The van der Waals surface area contributed by atoms with E-state index in [4.69, 9.17) is 0 Å². The van der Waals surface area contributed by atoms with Gasteiger partial charge >= 0.3 is 5.97 Å². The summed E-state index contributed by atoms with van der Waals surface area (Å²) in [6.45, 7) is 0.683. The maximum absolute atomic E-state index is 12.2. The van der Waals surface area contributed by atoms with Gasteiger partial charge in [-0.2, -0.15) is 0 Å². The molecule has 1 aliphatic carbocycles. The molecule has 0 saturated heterocycles. The van der Waals surface area contributed by atoms with Crippen molar-refractivity contribution in [2.24, 2.45) is 5.92 Å². The summed E-state index contributed by atoms with van der Waals surface area (Å²) in [6, 6.07) is 1.52. The zero-order chi connectivity index (χ0) is 13.8. The Labute approximate surface area is 120 Å². The molecule has 1 aromatic rings. The van der Waals surface area contributed by atoms with Gasteiger partial charge in [-0.05, 0) is 40.8 Å². The Hall–Kier alpha value is -1.10. The third kappa shape index (κ3) is 3.47. The van der Waals surface area contributed by atoms with Crippen LogP contribution in [-0.2, 0) is 11.3 Å². The molecule has 0 spiro atoms. The van der Waals surface area contributed by atoms with Gasteiger partial charge in [0.15, 0.2) is 0 Å². The minimum Gasteiger partial charge on any atom is -0.465 e. The van der Waals surface area contributed by atoms with Gasteiger partial charge in [0.2, 0.25) is 0 Å². The van der Waals surface area contributed by atoms with Gasteiger partial charge in [-0.25, -0.2) is 4.79 Å². The van der Waals surface area contributed by atoms with Crippen molar-refractivity contribution >= 4 is 21.9 Å². The van der Waals surface area contributed by atoms with Crippen LogP contribution < -0.4 is 5.56 Å². The van der Waals surface area contributed by atoms with Crippen molar-refractivity contribution < 1.29 is 9.53 Å². The van der Waals surface area contributed by atoms with E-state index in [-0.39, 0.29) is 11.1 Å². The van der Waals surface area contributed by atoms with Gasteiger partial charge in [-0.3, -0.25) is 4.79 Å². The van der Waals surface area contributed by atoms with Crippen LogP contribution >= 0.6 is 15.9 Å². The van der Waals surface area contributed by atoms with E-state index < -0.39 is 5.97 Å². The quantitative estimate of drug-likeness (QED) is 0.802. The zero-order valence-electron chi connectivity index (χ0n) is 11.0. The lowest BCUT2D eigenvalue weighted by molar-refractivity contribution is 0.0597. The Kier molecular flexibility index (Phi) is 4.80. The molecule has 1 aliphatic rings. The van der Waals surface area contributed by atoms with Crippen LogP contribution in [0.25, 0.3) is 0 Å². The summed E-state index contributed by atoms with van der Waals surface area (Å²) < 4.78 is 7.00. The van der Waals surface area contributed by atoms with Crippen LogP contribution in [-0.4, -0.2) is 17.6 Å². The van der Waals surface area contributed by atoms with Gasteiger partial charge in [0.05, 0.1) is 7.11 Å². The molecule has 0 atom stereocenters. The lowest BCUT2D eigenvalue weighted by Crippen LogP contribution is -2.29. The van der Waals surface area contributed by atoms with Crippen LogP contribution in [0.15, 0.2) is 21.5 Å². The van der Waals surface area contributed by atoms with E-state index in [1.54, 1.807) is 10.8 Å². The Bertz CT molecular complexity index is 518. The number of nitrogens with zero attached hydrogens (tertiary/aromatic N) is 1. The minimum absolute atomic E-state index is 0.0904. The number of ether oxygens (including phenoxy) is 1. The van der Waals surface area contributed by atoms with E-state index >= 15 is 0 Å². The van der Waals surface area contributed by atoms with Gasteiger partial charge < -0.3 is 9.30 Å². The average Bonchev–Trinajstić information content (AvgIpc) is 2.42. The number of hydrogen-bond donors (Lipinski definition) is 0. The molecule has 4 nitrogen and oxygen atoms in total. The monoisotopic (exact) mass is 327 g/mol. The third-order valence-corrected chi connectivity index (χ3v) is 4.07. The molecule has 1 heterocycles. The molecule has 0 unspecified atom stereocenters. The smallest absolute Gasteiger partial charge is 0.343 e. The highest BCUT2D eigenvalue weighted by molar-refractivity contribution is 9.10. The van der Waals surface area contributed by atoms with E-state index in [1.165, 1.54) is 32.4 Å². The second-order valence-corrected chi connectivity index (χ2v) is 5.94. The number of carbonyl (C=O) groups excluding carboxylic acids is 1. The summed E-state index contributed by atoms with van der Waals surface area (Å²) in [5.74, 6) is -0.0464. The number of pyridine rings is 1. The summed E-state index contributed by atoms with van der Waals surface area (Å²) in [7, 11) is 1.29. The SMILES string of the molecule is COC(=O)c1cc(Br)cn(CC2CCCCC2)c1=O. The van der Waals surface area contributed by atoms with Crippen LogP contribution in [0.2, 0.25) is 0 Å². The first-order valence-corrected chi connectivity index (χ1v) is 7.39. The van der Waals surface area contributed by atoms with E-state index in [0.29, 0.717) is 12.5 Å².